The highest BCUT2D eigenvalue weighted by Gasteiger charge is 2.65. The second-order valence-corrected chi connectivity index (χ2v) is 4.97. The van der Waals surface area contributed by atoms with Gasteiger partial charge in [0.05, 0.1) is 12.7 Å². The summed E-state index contributed by atoms with van der Waals surface area (Å²) >= 11 is 0. The van der Waals surface area contributed by atoms with Crippen LogP contribution in [0.2, 0.25) is 0 Å². The zero-order valence-electron chi connectivity index (χ0n) is 11.0. The smallest absolute Gasteiger partial charge is 0.248 e. The first kappa shape index (κ1) is 15.7. The van der Waals surface area contributed by atoms with Crippen LogP contribution in [0.5, 0.6) is 5.75 Å². The van der Waals surface area contributed by atoms with Crippen molar-refractivity contribution < 1.29 is 35.1 Å². The molecule has 1 amide bonds. The average Bonchev–Trinajstić information content (AvgIpc) is 2.47. The second-order valence-electron chi connectivity index (χ2n) is 4.97. The van der Waals surface area contributed by atoms with Crippen molar-refractivity contribution in [3.63, 3.8) is 0 Å². The Labute approximate surface area is 120 Å². The van der Waals surface area contributed by atoms with Gasteiger partial charge in [0.25, 0.3) is 0 Å². The molecular weight excluding hydrogens is 282 g/mol. The number of hydrogen-bond acceptors (Lipinski definition) is 7. The Hall–Kier alpha value is -1.71. The van der Waals surface area contributed by atoms with E-state index in [9.17, 15) is 25.2 Å². The van der Waals surface area contributed by atoms with Crippen LogP contribution in [0.4, 0.5) is 0 Å². The minimum Gasteiger partial charge on any atom is -0.462 e. The van der Waals surface area contributed by atoms with Crippen molar-refractivity contribution in [1.82, 2.24) is 0 Å². The number of aliphatic hydroxyl groups excluding tert-OH is 4. The molecule has 0 aromatic heterocycles. The highest BCUT2D eigenvalue weighted by Crippen LogP contribution is 2.42. The molecule has 5 unspecified atom stereocenters. The number of carbonyl (C=O) groups is 1. The lowest BCUT2D eigenvalue weighted by molar-refractivity contribution is -0.332. The summed E-state index contributed by atoms with van der Waals surface area (Å²) in [5.41, 5.74) is 3.13. The summed E-state index contributed by atoms with van der Waals surface area (Å²) in [5, 5.41) is 48.2. The molecule has 7 N–H and O–H groups in total. The lowest BCUT2D eigenvalue weighted by Gasteiger charge is -2.53. The Bertz CT molecular complexity index is 520. The molecule has 1 aliphatic rings. The quantitative estimate of drug-likeness (QED) is 0.330. The van der Waals surface area contributed by atoms with E-state index in [4.69, 9.17) is 15.6 Å². The number of ether oxygens (including phenoxy) is 1. The Morgan fingerprint density at radius 3 is 2.38 bits per heavy atom. The van der Waals surface area contributed by atoms with Crippen molar-refractivity contribution in [2.24, 2.45) is 11.7 Å². The molecule has 1 saturated carbocycles. The number of carbonyl (C=O) groups excluding carboxylic acids is 1. The van der Waals surface area contributed by atoms with Crippen molar-refractivity contribution in [2.45, 2.75) is 24.1 Å². The molecule has 0 aliphatic heterocycles. The van der Waals surface area contributed by atoms with E-state index < -0.39 is 42.5 Å². The molecule has 0 spiro atoms. The van der Waals surface area contributed by atoms with Crippen LogP contribution in [0.15, 0.2) is 24.3 Å². The maximum atomic E-state index is 10.9. The van der Waals surface area contributed by atoms with E-state index in [0.29, 0.717) is 0 Å². The molecule has 2 rings (SSSR count). The molecule has 8 heteroatoms. The molecule has 8 nitrogen and oxygen atoms in total. The van der Waals surface area contributed by atoms with Gasteiger partial charge in [-0.05, 0) is 24.3 Å². The fourth-order valence-electron chi connectivity index (χ4n) is 2.37. The molecule has 0 radical (unpaired) electrons. The van der Waals surface area contributed by atoms with E-state index in [1.54, 1.807) is 0 Å². The van der Waals surface area contributed by atoms with Crippen LogP contribution >= 0.6 is 0 Å². The number of primary amides is 1. The summed E-state index contributed by atoms with van der Waals surface area (Å²) in [5.74, 6) is -1.64. The molecule has 21 heavy (non-hydrogen) atoms. The molecule has 1 fully saturated rings. The Kier molecular flexibility index (Phi) is 4.17. The molecule has 5 atom stereocenters. The van der Waals surface area contributed by atoms with Crippen LogP contribution in [0.3, 0.4) is 0 Å². The zero-order valence-corrected chi connectivity index (χ0v) is 11.0. The van der Waals surface area contributed by atoms with Gasteiger partial charge in [0.1, 0.15) is 11.9 Å². The molecular formula is C13H17NO7. The SMILES string of the molecule is NC(=O)c1ccc(OC(O)C2(O)C(O)C(O)C2CO)cc1. The van der Waals surface area contributed by atoms with Gasteiger partial charge in [-0.3, -0.25) is 4.79 Å². The summed E-state index contributed by atoms with van der Waals surface area (Å²) in [4.78, 5) is 10.9. The maximum Gasteiger partial charge on any atom is 0.248 e. The Morgan fingerprint density at radius 1 is 1.33 bits per heavy atom. The molecule has 1 aromatic carbocycles. The topological polar surface area (TPSA) is 153 Å². The van der Waals surface area contributed by atoms with Gasteiger partial charge in [-0.15, -0.1) is 0 Å². The second kappa shape index (κ2) is 5.58. The standard InChI is InChI=1S/C13H17NO7/c14-11(18)6-1-3-7(4-2-6)21-12(19)13(20)8(5-15)9(16)10(13)17/h1-4,8-10,12,15-17,19-20H,5H2,(H2,14,18). The van der Waals surface area contributed by atoms with Crippen LogP contribution in [0.25, 0.3) is 0 Å². The number of benzene rings is 1. The predicted molar refractivity (Wildman–Crippen MR) is 69.1 cm³/mol. The van der Waals surface area contributed by atoms with Crippen LogP contribution < -0.4 is 10.5 Å². The van der Waals surface area contributed by atoms with Gasteiger partial charge in [-0.2, -0.15) is 0 Å². The minimum atomic E-state index is -2.18. The average molecular weight is 299 g/mol. The summed E-state index contributed by atoms with van der Waals surface area (Å²) in [6.45, 7) is -0.629. The highest BCUT2D eigenvalue weighted by molar-refractivity contribution is 5.92. The third-order valence-corrected chi connectivity index (χ3v) is 3.78. The van der Waals surface area contributed by atoms with E-state index in [0.717, 1.165) is 0 Å². The molecule has 0 heterocycles. The minimum absolute atomic E-state index is 0.117. The lowest BCUT2D eigenvalue weighted by atomic mass is 9.64. The van der Waals surface area contributed by atoms with Gasteiger partial charge >= 0.3 is 0 Å². The van der Waals surface area contributed by atoms with E-state index in [1.165, 1.54) is 24.3 Å². The van der Waals surface area contributed by atoms with Gasteiger partial charge in [-0.1, -0.05) is 0 Å². The fourth-order valence-corrected chi connectivity index (χ4v) is 2.37. The van der Waals surface area contributed by atoms with Gasteiger partial charge < -0.3 is 36.0 Å². The summed E-state index contributed by atoms with van der Waals surface area (Å²) in [7, 11) is 0. The number of nitrogens with two attached hydrogens (primary N) is 1. The van der Waals surface area contributed by atoms with Gasteiger partial charge in [0.2, 0.25) is 12.2 Å². The van der Waals surface area contributed by atoms with Gasteiger partial charge in [-0.25, -0.2) is 0 Å². The third-order valence-electron chi connectivity index (χ3n) is 3.78. The third kappa shape index (κ3) is 2.47. The Balaban J connectivity index is 2.10. The lowest BCUT2D eigenvalue weighted by Crippen LogP contribution is -2.76. The summed E-state index contributed by atoms with van der Waals surface area (Å²) in [6, 6.07) is 5.43. The van der Waals surface area contributed by atoms with E-state index in [2.05, 4.69) is 0 Å². The molecule has 0 saturated heterocycles. The molecule has 0 bridgehead atoms. The van der Waals surface area contributed by atoms with Crippen LogP contribution in [0, 0.1) is 5.92 Å². The molecule has 1 aromatic rings. The van der Waals surface area contributed by atoms with Gasteiger partial charge in [0, 0.05) is 11.5 Å². The van der Waals surface area contributed by atoms with Crippen LogP contribution in [0.1, 0.15) is 10.4 Å². The first-order chi connectivity index (χ1) is 9.82. The number of amides is 1. The van der Waals surface area contributed by atoms with Crippen molar-refractivity contribution >= 4 is 5.91 Å². The van der Waals surface area contributed by atoms with Crippen LogP contribution in [-0.4, -0.2) is 62.1 Å². The van der Waals surface area contributed by atoms with Crippen molar-refractivity contribution in [2.75, 3.05) is 6.61 Å². The monoisotopic (exact) mass is 299 g/mol. The van der Waals surface area contributed by atoms with E-state index >= 15 is 0 Å². The largest absolute Gasteiger partial charge is 0.462 e. The van der Waals surface area contributed by atoms with E-state index in [-0.39, 0.29) is 11.3 Å². The molecule has 116 valence electrons. The van der Waals surface area contributed by atoms with Crippen molar-refractivity contribution in [3.05, 3.63) is 29.8 Å². The zero-order chi connectivity index (χ0) is 15.8. The first-order valence-corrected chi connectivity index (χ1v) is 6.26. The highest BCUT2D eigenvalue weighted by atomic mass is 16.6. The fraction of sp³-hybridized carbons (Fsp3) is 0.462. The maximum absolute atomic E-state index is 10.9. The van der Waals surface area contributed by atoms with E-state index in [1.807, 2.05) is 0 Å². The summed E-state index contributed by atoms with van der Waals surface area (Å²) < 4.78 is 5.08. The number of aliphatic hydroxyl groups is 5. The van der Waals surface area contributed by atoms with Crippen molar-refractivity contribution in [1.29, 1.82) is 0 Å². The first-order valence-electron chi connectivity index (χ1n) is 6.26. The molecule has 1 aliphatic carbocycles. The normalized spacial score (nSPS) is 33.1. The van der Waals surface area contributed by atoms with Crippen LogP contribution in [-0.2, 0) is 0 Å². The number of rotatable bonds is 5. The van der Waals surface area contributed by atoms with Gasteiger partial charge in [0.15, 0.2) is 5.60 Å². The van der Waals surface area contributed by atoms with Crippen molar-refractivity contribution in [3.8, 4) is 5.75 Å². The summed E-state index contributed by atoms with van der Waals surface area (Å²) in [6.07, 6.45) is -4.86. The number of hydrogen-bond donors (Lipinski definition) is 6. The predicted octanol–water partition coefficient (Wildman–Crippen LogP) is -2.44. The Morgan fingerprint density at radius 2 is 1.90 bits per heavy atom.